The summed E-state index contributed by atoms with van der Waals surface area (Å²) in [6, 6.07) is 7.92. The molecule has 13 heteroatoms. The molecule has 13 nitrogen and oxygen atoms in total. The van der Waals surface area contributed by atoms with Crippen molar-refractivity contribution >= 4 is 23.6 Å². The average molecular weight is 479 g/mol. The summed E-state index contributed by atoms with van der Waals surface area (Å²) in [4.78, 5) is 31.5. The molecule has 0 spiro atoms. The van der Waals surface area contributed by atoms with Crippen LogP contribution in [0.5, 0.6) is 0 Å². The van der Waals surface area contributed by atoms with Crippen molar-refractivity contribution in [3.63, 3.8) is 0 Å². The number of Topliss-reactive ketones (excluding diaryl/α,β-unsaturated/α-hetero) is 1. The highest BCUT2D eigenvalue weighted by molar-refractivity contribution is 5.96. The average Bonchev–Trinajstić information content (AvgIpc) is 2.77. The van der Waals surface area contributed by atoms with Gasteiger partial charge in [-0.2, -0.15) is 0 Å². The van der Waals surface area contributed by atoms with E-state index < -0.39 is 17.6 Å². The van der Waals surface area contributed by atoms with Gasteiger partial charge in [-0.1, -0.05) is 30.3 Å². The van der Waals surface area contributed by atoms with Gasteiger partial charge < -0.3 is 22.1 Å². The van der Waals surface area contributed by atoms with Gasteiger partial charge in [-0.25, -0.2) is 10.9 Å². The molecule has 12 N–H and O–H groups in total. The van der Waals surface area contributed by atoms with E-state index in [1.165, 1.54) is 0 Å². The molecule has 0 aliphatic heterocycles. The number of hydrogen-bond acceptors (Lipinski definition) is 8. The van der Waals surface area contributed by atoms with Gasteiger partial charge in [0.2, 0.25) is 11.9 Å². The highest BCUT2D eigenvalue weighted by atomic mass is 16.7. The summed E-state index contributed by atoms with van der Waals surface area (Å²) in [6.07, 6.45) is 1.20. The second kappa shape index (κ2) is 14.8. The summed E-state index contributed by atoms with van der Waals surface area (Å²) in [7, 11) is 1.66. The summed E-state index contributed by atoms with van der Waals surface area (Å²) in [6.45, 7) is 3.74. The van der Waals surface area contributed by atoms with Crippen LogP contribution in [0.4, 0.5) is 0 Å². The number of hydrazine groups is 1. The second-order valence-corrected chi connectivity index (χ2v) is 8.16. The lowest BCUT2D eigenvalue weighted by molar-refractivity contribution is -0.132. The van der Waals surface area contributed by atoms with Crippen LogP contribution in [0, 0.1) is 10.8 Å². The van der Waals surface area contributed by atoms with Crippen LogP contribution < -0.4 is 43.7 Å². The number of nitrogens with one attached hydrogen (secondary N) is 8. The predicted molar refractivity (Wildman–Crippen MR) is 130 cm³/mol. The van der Waals surface area contributed by atoms with Crippen molar-refractivity contribution in [2.45, 2.75) is 50.7 Å². The Kier molecular flexibility index (Phi) is 12.5. The van der Waals surface area contributed by atoms with Gasteiger partial charge in [-0.15, -0.1) is 0 Å². The van der Waals surface area contributed by atoms with E-state index in [-0.39, 0.29) is 30.3 Å². The van der Waals surface area contributed by atoms with Gasteiger partial charge in [-0.3, -0.25) is 36.0 Å². The topological polar surface area (TPSA) is 215 Å². The standard InChI is InChI=1S/C21H38N10O3/c1-21(2,31-26-3)17(32)15(10-7-11-27-19(22)23)29-18(33)16(28-13-34-30-20(24)25)12-14-8-5-4-6-9-14/h4-6,8-9,15-16,26,28,31H,7,10-13H2,1-3H3,(H,29,33)(H4,22,23,27)(H4,24,25,30). The molecule has 1 amide bonds. The number of hydrogen-bond donors (Lipinski definition) is 10. The first-order valence-corrected chi connectivity index (χ1v) is 10.9. The smallest absolute Gasteiger partial charge is 0.238 e. The lowest BCUT2D eigenvalue weighted by atomic mass is 9.91. The van der Waals surface area contributed by atoms with E-state index in [1.54, 1.807) is 20.9 Å². The zero-order valence-electron chi connectivity index (χ0n) is 20.0. The quantitative estimate of drug-likeness (QED) is 0.0430. The van der Waals surface area contributed by atoms with Crippen molar-refractivity contribution in [1.82, 2.24) is 32.3 Å². The van der Waals surface area contributed by atoms with Gasteiger partial charge in [0, 0.05) is 6.54 Å². The van der Waals surface area contributed by atoms with Crippen LogP contribution in [0.15, 0.2) is 30.3 Å². The van der Waals surface area contributed by atoms with Gasteiger partial charge in [0.05, 0.1) is 17.6 Å². The summed E-state index contributed by atoms with van der Waals surface area (Å²) < 4.78 is 0. The Morgan fingerprint density at radius 1 is 1.09 bits per heavy atom. The van der Waals surface area contributed by atoms with Crippen LogP contribution in [-0.2, 0) is 20.8 Å². The number of benzene rings is 1. The van der Waals surface area contributed by atoms with Crippen LogP contribution in [0.1, 0.15) is 32.3 Å². The molecule has 0 aliphatic carbocycles. The van der Waals surface area contributed by atoms with E-state index in [9.17, 15) is 9.59 Å². The van der Waals surface area contributed by atoms with E-state index in [0.717, 1.165) is 5.56 Å². The summed E-state index contributed by atoms with van der Waals surface area (Å²) >= 11 is 0. The SMILES string of the molecule is CNNC(C)(C)C(=O)C(CCCNC(=N)N)NC(=O)C(Cc1ccccc1)NCONC(=N)N. The van der Waals surface area contributed by atoms with Gasteiger partial charge in [0.25, 0.3) is 0 Å². The Labute approximate surface area is 200 Å². The van der Waals surface area contributed by atoms with Gasteiger partial charge >= 0.3 is 0 Å². The van der Waals surface area contributed by atoms with Gasteiger partial charge in [-0.05, 0) is 45.7 Å². The number of guanidine groups is 2. The molecule has 0 aromatic heterocycles. The Hall–Kier alpha value is -3.26. The van der Waals surface area contributed by atoms with E-state index in [4.69, 9.17) is 27.1 Å². The molecule has 1 aromatic carbocycles. The number of hydroxylamine groups is 1. The first kappa shape index (κ1) is 28.8. The van der Waals surface area contributed by atoms with Crippen molar-refractivity contribution in [1.29, 1.82) is 10.8 Å². The lowest BCUT2D eigenvalue weighted by Gasteiger charge is -2.30. The Bertz CT molecular complexity index is 803. The Balaban J connectivity index is 2.96. The van der Waals surface area contributed by atoms with Crippen molar-refractivity contribution in [3.8, 4) is 0 Å². The largest absolute Gasteiger partial charge is 0.370 e. The number of nitrogens with two attached hydrogens (primary N) is 2. The maximum atomic E-state index is 13.2. The number of rotatable bonds is 16. The van der Waals surface area contributed by atoms with Gasteiger partial charge in [0.1, 0.15) is 6.73 Å². The molecule has 1 aromatic rings. The van der Waals surface area contributed by atoms with Crippen LogP contribution in [0.25, 0.3) is 0 Å². The van der Waals surface area contributed by atoms with Crippen molar-refractivity contribution < 1.29 is 14.4 Å². The molecule has 2 unspecified atom stereocenters. The fourth-order valence-corrected chi connectivity index (χ4v) is 3.24. The molecule has 0 fully saturated rings. The minimum absolute atomic E-state index is 0.0988. The molecule has 190 valence electrons. The molecule has 0 heterocycles. The first-order valence-electron chi connectivity index (χ1n) is 10.9. The van der Waals surface area contributed by atoms with Crippen molar-refractivity contribution in [2.75, 3.05) is 20.3 Å². The van der Waals surface area contributed by atoms with E-state index >= 15 is 0 Å². The summed E-state index contributed by atoms with van der Waals surface area (Å²) in [5.41, 5.74) is 18.4. The third-order valence-electron chi connectivity index (χ3n) is 4.85. The zero-order chi connectivity index (χ0) is 25.6. The number of carbonyl (C=O) groups is 2. The molecular weight excluding hydrogens is 440 g/mol. The van der Waals surface area contributed by atoms with Crippen LogP contribution >= 0.6 is 0 Å². The first-order chi connectivity index (χ1) is 16.1. The highest BCUT2D eigenvalue weighted by Gasteiger charge is 2.35. The predicted octanol–water partition coefficient (Wildman–Crippen LogP) is -1.62. The van der Waals surface area contributed by atoms with E-state index in [1.807, 2.05) is 30.3 Å². The van der Waals surface area contributed by atoms with E-state index in [0.29, 0.717) is 25.8 Å². The molecule has 0 radical (unpaired) electrons. The normalized spacial score (nSPS) is 12.9. The third kappa shape index (κ3) is 11.0. The van der Waals surface area contributed by atoms with Crippen molar-refractivity contribution in [2.24, 2.45) is 11.5 Å². The monoisotopic (exact) mass is 478 g/mol. The second-order valence-electron chi connectivity index (χ2n) is 8.16. The fourth-order valence-electron chi connectivity index (χ4n) is 3.24. The summed E-state index contributed by atoms with van der Waals surface area (Å²) in [5.74, 6) is -1.11. The lowest BCUT2D eigenvalue weighted by Crippen LogP contribution is -2.60. The molecule has 1 rings (SSSR count). The van der Waals surface area contributed by atoms with Crippen LogP contribution in [0.2, 0.25) is 0 Å². The molecular formula is C21H38N10O3. The van der Waals surface area contributed by atoms with Crippen molar-refractivity contribution in [3.05, 3.63) is 35.9 Å². The maximum Gasteiger partial charge on any atom is 0.238 e. The Morgan fingerprint density at radius 3 is 2.35 bits per heavy atom. The highest BCUT2D eigenvalue weighted by Crippen LogP contribution is 2.12. The number of carbonyl (C=O) groups excluding carboxylic acids is 2. The minimum atomic E-state index is -0.947. The third-order valence-corrected chi connectivity index (χ3v) is 4.85. The number of amides is 1. The van der Waals surface area contributed by atoms with Gasteiger partial charge in [0.15, 0.2) is 11.7 Å². The van der Waals surface area contributed by atoms with Crippen LogP contribution in [-0.4, -0.2) is 61.6 Å². The molecule has 0 saturated carbocycles. The number of ketones is 1. The molecule has 34 heavy (non-hydrogen) atoms. The zero-order valence-corrected chi connectivity index (χ0v) is 20.0. The van der Waals surface area contributed by atoms with Crippen LogP contribution in [0.3, 0.4) is 0 Å². The Morgan fingerprint density at radius 2 is 1.76 bits per heavy atom. The molecule has 0 saturated heterocycles. The fraction of sp³-hybridized carbons (Fsp3) is 0.524. The summed E-state index contributed by atoms with van der Waals surface area (Å²) in [5, 5.41) is 22.9. The molecule has 2 atom stereocenters. The maximum absolute atomic E-state index is 13.2. The molecule has 0 bridgehead atoms. The van der Waals surface area contributed by atoms with E-state index in [2.05, 4.69) is 32.3 Å². The molecule has 0 aliphatic rings. The minimum Gasteiger partial charge on any atom is -0.370 e.